The van der Waals surface area contributed by atoms with Crippen molar-refractivity contribution < 1.29 is 19.1 Å². The summed E-state index contributed by atoms with van der Waals surface area (Å²) in [6.45, 7) is 2.30. The fraction of sp³-hybridized carbons (Fsp3) is 0.182. The smallest absolute Gasteiger partial charge is 0.231 e. The molecule has 1 saturated heterocycles. The van der Waals surface area contributed by atoms with Crippen LogP contribution in [-0.2, 0) is 4.79 Å². The first-order valence-corrected chi connectivity index (χ1v) is 10.7. The lowest BCUT2D eigenvalue weighted by Crippen LogP contribution is -2.12. The third-order valence-corrected chi connectivity index (χ3v) is 7.27. The van der Waals surface area contributed by atoms with E-state index in [1.807, 2.05) is 24.3 Å². The van der Waals surface area contributed by atoms with E-state index in [0.29, 0.717) is 22.3 Å². The number of carbonyl (C=O) groups is 2. The number of allylic oxidation sites excluding steroid dienone is 2. The van der Waals surface area contributed by atoms with Gasteiger partial charge in [-0.05, 0) is 23.8 Å². The van der Waals surface area contributed by atoms with Crippen LogP contribution >= 0.6 is 23.5 Å². The number of hydrogen-bond donors (Lipinski definition) is 0. The van der Waals surface area contributed by atoms with Crippen molar-refractivity contribution in [2.45, 2.75) is 12.2 Å². The zero-order valence-electron chi connectivity index (χ0n) is 15.2. The van der Waals surface area contributed by atoms with Crippen LogP contribution in [-0.4, -0.2) is 29.4 Å². The number of Topliss-reactive ketones (excluding diaryl/α,β-unsaturated/α-hetero) is 1. The monoisotopic (exact) mass is 410 g/mol. The predicted molar refractivity (Wildman–Crippen MR) is 114 cm³/mol. The molecular formula is C22H18O4S2. The van der Waals surface area contributed by atoms with E-state index in [1.54, 1.807) is 53.9 Å². The Morgan fingerprint density at radius 2 is 1.86 bits per heavy atom. The molecule has 0 bridgehead atoms. The highest BCUT2D eigenvalue weighted by molar-refractivity contribution is 8.25. The van der Waals surface area contributed by atoms with E-state index in [4.69, 9.17) is 9.47 Å². The molecule has 2 aromatic carbocycles. The second-order valence-corrected chi connectivity index (χ2v) is 9.14. The van der Waals surface area contributed by atoms with Crippen LogP contribution in [0, 0.1) is 0 Å². The van der Waals surface area contributed by atoms with Gasteiger partial charge in [0.05, 0.1) is 9.81 Å². The first kappa shape index (κ1) is 18.9. The summed E-state index contributed by atoms with van der Waals surface area (Å²) in [7, 11) is 0. The summed E-state index contributed by atoms with van der Waals surface area (Å²) in [5.41, 5.74) is 1.59. The molecule has 0 spiro atoms. The highest BCUT2D eigenvalue weighted by Crippen LogP contribution is 2.44. The molecule has 0 N–H and O–H groups in total. The minimum Gasteiger partial charge on any atom is -0.454 e. The van der Waals surface area contributed by atoms with Gasteiger partial charge in [0.25, 0.3) is 0 Å². The van der Waals surface area contributed by atoms with Crippen molar-refractivity contribution in [1.82, 2.24) is 0 Å². The molecule has 0 saturated carbocycles. The number of fused-ring (bicyclic) bond motifs is 1. The topological polar surface area (TPSA) is 52.6 Å². The lowest BCUT2D eigenvalue weighted by Gasteiger charge is -2.07. The minimum absolute atomic E-state index is 0.204. The zero-order valence-corrected chi connectivity index (χ0v) is 16.8. The average molecular weight is 411 g/mol. The third-order valence-electron chi connectivity index (χ3n) is 4.29. The summed E-state index contributed by atoms with van der Waals surface area (Å²) in [6.07, 6.45) is 3.17. The van der Waals surface area contributed by atoms with Gasteiger partial charge in [-0.15, -0.1) is 23.5 Å². The zero-order chi connectivity index (χ0) is 19.5. The molecular weight excluding hydrogens is 392 g/mol. The maximum atomic E-state index is 13.1. The third kappa shape index (κ3) is 4.03. The minimum atomic E-state index is -0.282. The molecule has 2 aliphatic heterocycles. The van der Waals surface area contributed by atoms with Gasteiger partial charge in [0, 0.05) is 16.6 Å². The van der Waals surface area contributed by atoms with Crippen molar-refractivity contribution in [3.8, 4) is 11.5 Å². The van der Waals surface area contributed by atoms with Crippen molar-refractivity contribution in [1.29, 1.82) is 0 Å². The van der Waals surface area contributed by atoms with Gasteiger partial charge in [0.2, 0.25) is 6.79 Å². The molecule has 0 amide bonds. The molecule has 0 radical (unpaired) electrons. The molecule has 4 nitrogen and oxygen atoms in total. The molecule has 142 valence electrons. The van der Waals surface area contributed by atoms with Crippen LogP contribution in [0.3, 0.4) is 0 Å². The Balaban J connectivity index is 1.63. The summed E-state index contributed by atoms with van der Waals surface area (Å²) in [6, 6.07) is 14.4. The van der Waals surface area contributed by atoms with Crippen LogP contribution < -0.4 is 9.47 Å². The molecule has 0 aromatic heterocycles. The van der Waals surface area contributed by atoms with Crippen molar-refractivity contribution in [2.75, 3.05) is 12.5 Å². The second-order valence-electron chi connectivity index (χ2n) is 6.41. The Bertz CT molecular complexity index is 979. The number of ether oxygens (including phenoxy) is 2. The quantitative estimate of drug-likeness (QED) is 0.301. The van der Waals surface area contributed by atoms with Crippen molar-refractivity contribution >= 4 is 41.2 Å². The normalized spacial score (nSPS) is 19.8. The van der Waals surface area contributed by atoms with Gasteiger partial charge in [-0.25, -0.2) is 0 Å². The second kappa shape index (κ2) is 8.29. The van der Waals surface area contributed by atoms with Crippen LogP contribution in [0.4, 0.5) is 0 Å². The number of thioether (sulfide) groups is 2. The fourth-order valence-corrected chi connectivity index (χ4v) is 5.73. The summed E-state index contributed by atoms with van der Waals surface area (Å²) >= 11 is 3.17. The Hall–Kier alpha value is -2.44. The summed E-state index contributed by atoms with van der Waals surface area (Å²) in [5.74, 6) is 1.73. The van der Waals surface area contributed by atoms with Crippen LogP contribution in [0.1, 0.15) is 22.8 Å². The molecule has 0 unspecified atom stereocenters. The molecule has 1 atom stereocenters. The van der Waals surface area contributed by atoms with Crippen LogP contribution in [0.25, 0.3) is 6.08 Å². The van der Waals surface area contributed by atoms with E-state index < -0.39 is 0 Å². The SMILES string of the molecule is C[C@@H]1CS/C(=C(\C(=O)/C=C\c2ccc3c(c2)OCO3)C(=O)c2ccccc2)S1. The number of ketones is 2. The van der Waals surface area contributed by atoms with Gasteiger partial charge >= 0.3 is 0 Å². The number of carbonyl (C=O) groups excluding carboxylic acids is 2. The highest BCUT2D eigenvalue weighted by Gasteiger charge is 2.28. The van der Waals surface area contributed by atoms with E-state index >= 15 is 0 Å². The van der Waals surface area contributed by atoms with E-state index in [0.717, 1.165) is 15.6 Å². The Kier molecular flexibility index (Phi) is 5.59. The van der Waals surface area contributed by atoms with Crippen LogP contribution in [0.15, 0.2) is 64.4 Å². The molecule has 2 aliphatic rings. The standard InChI is InChI=1S/C22H18O4S2/c1-14-12-27-22(28-14)20(21(24)16-5-3-2-4-6-16)17(23)9-7-15-8-10-18-19(11-15)26-13-25-18/h2-11,14H,12-13H2,1H3/b9-7-,22-20-/t14-/m1/s1. The molecule has 0 aliphatic carbocycles. The van der Waals surface area contributed by atoms with Gasteiger partial charge < -0.3 is 9.47 Å². The lowest BCUT2D eigenvalue weighted by molar-refractivity contribution is -0.111. The summed E-state index contributed by atoms with van der Waals surface area (Å²) in [4.78, 5) is 26.1. The molecule has 28 heavy (non-hydrogen) atoms. The molecule has 2 heterocycles. The van der Waals surface area contributed by atoms with Gasteiger partial charge in [-0.3, -0.25) is 9.59 Å². The van der Waals surface area contributed by atoms with Crippen LogP contribution in [0.2, 0.25) is 0 Å². The summed E-state index contributed by atoms with van der Waals surface area (Å²) < 4.78 is 11.5. The molecule has 2 aromatic rings. The van der Waals surface area contributed by atoms with Crippen LogP contribution in [0.5, 0.6) is 11.5 Å². The number of benzene rings is 2. The van der Waals surface area contributed by atoms with Gasteiger partial charge in [0.1, 0.15) is 0 Å². The number of hydrogen-bond acceptors (Lipinski definition) is 6. The fourth-order valence-electron chi connectivity index (χ4n) is 2.89. The first-order chi connectivity index (χ1) is 13.6. The molecule has 1 fully saturated rings. The largest absolute Gasteiger partial charge is 0.454 e. The number of rotatable bonds is 5. The van der Waals surface area contributed by atoms with Crippen molar-refractivity contribution in [3.63, 3.8) is 0 Å². The Morgan fingerprint density at radius 3 is 2.61 bits per heavy atom. The molecule has 4 rings (SSSR count). The van der Waals surface area contributed by atoms with Gasteiger partial charge in [-0.1, -0.05) is 49.4 Å². The van der Waals surface area contributed by atoms with E-state index in [9.17, 15) is 9.59 Å². The maximum absolute atomic E-state index is 13.1. The van der Waals surface area contributed by atoms with Gasteiger partial charge in [0.15, 0.2) is 23.1 Å². The molecule has 6 heteroatoms. The highest BCUT2D eigenvalue weighted by atomic mass is 32.2. The Morgan fingerprint density at radius 1 is 1.07 bits per heavy atom. The Labute approximate surface area is 172 Å². The van der Waals surface area contributed by atoms with Gasteiger partial charge in [-0.2, -0.15) is 0 Å². The summed E-state index contributed by atoms with van der Waals surface area (Å²) in [5, 5.41) is 0.379. The van der Waals surface area contributed by atoms with Crippen molar-refractivity contribution in [3.05, 3.63) is 75.5 Å². The van der Waals surface area contributed by atoms with Crippen molar-refractivity contribution in [2.24, 2.45) is 0 Å². The van der Waals surface area contributed by atoms with E-state index in [2.05, 4.69) is 6.92 Å². The average Bonchev–Trinajstić information content (AvgIpc) is 3.35. The maximum Gasteiger partial charge on any atom is 0.231 e. The van der Waals surface area contributed by atoms with E-state index in [-0.39, 0.29) is 23.9 Å². The van der Waals surface area contributed by atoms with E-state index in [1.165, 1.54) is 6.08 Å². The first-order valence-electron chi connectivity index (χ1n) is 8.87. The predicted octanol–water partition coefficient (Wildman–Crippen LogP) is 4.96. The lowest BCUT2D eigenvalue weighted by atomic mass is 10.0.